The molecule has 0 bridgehead atoms. The minimum atomic E-state index is -4.03. The second kappa shape index (κ2) is 5.25. The number of benzene rings is 2. The lowest BCUT2D eigenvalue weighted by Crippen LogP contribution is -2.12. The topological polar surface area (TPSA) is 81.4 Å². The third kappa shape index (κ3) is 3.21. The summed E-state index contributed by atoms with van der Waals surface area (Å²) in [5, 5.41) is 0. The molecule has 100 valence electrons. The Kier molecular flexibility index (Phi) is 3.68. The molecule has 0 heterocycles. The summed E-state index contributed by atoms with van der Waals surface area (Å²) < 4.78 is 40.9. The highest BCUT2D eigenvalue weighted by Crippen LogP contribution is 2.19. The smallest absolute Gasteiger partial charge is 0.317 e. The molecule has 19 heavy (non-hydrogen) atoms. The number of rotatable bonds is 4. The molecule has 2 rings (SSSR count). The highest BCUT2D eigenvalue weighted by Gasteiger charge is 2.16. The fraction of sp³-hybridized carbons (Fsp3) is 0. The molecule has 0 spiro atoms. The first-order chi connectivity index (χ1) is 8.99. The highest BCUT2D eigenvalue weighted by molar-refractivity contribution is 7.86. The molecule has 0 aliphatic carbocycles. The Balaban J connectivity index is 2.14. The van der Waals surface area contributed by atoms with Crippen molar-refractivity contribution in [2.24, 2.45) is 0 Å². The van der Waals surface area contributed by atoms with Gasteiger partial charge in [0.25, 0.3) is 0 Å². The highest BCUT2D eigenvalue weighted by atomic mass is 32.2. The normalized spacial score (nSPS) is 11.2. The van der Waals surface area contributed by atoms with Crippen LogP contribution in [-0.4, -0.2) is 8.42 Å². The fourth-order valence-electron chi connectivity index (χ4n) is 1.34. The molecule has 0 radical (unpaired) electrons. The number of anilines is 2. The Morgan fingerprint density at radius 1 is 1.05 bits per heavy atom. The zero-order chi connectivity index (χ0) is 13.9. The molecule has 0 aromatic heterocycles. The van der Waals surface area contributed by atoms with Crippen molar-refractivity contribution >= 4 is 21.5 Å². The van der Waals surface area contributed by atoms with Gasteiger partial charge in [0.05, 0.1) is 16.3 Å². The Bertz CT molecular complexity index is 672. The molecule has 3 N–H and O–H groups in total. The lowest BCUT2D eigenvalue weighted by Gasteiger charge is -2.09. The first kappa shape index (κ1) is 13.3. The Morgan fingerprint density at radius 3 is 2.32 bits per heavy atom. The van der Waals surface area contributed by atoms with Crippen LogP contribution in [0.4, 0.5) is 15.8 Å². The second-order valence-corrected chi connectivity index (χ2v) is 5.23. The quantitative estimate of drug-likeness (QED) is 0.663. The summed E-state index contributed by atoms with van der Waals surface area (Å²) in [6.07, 6.45) is 0. The zero-order valence-electron chi connectivity index (χ0n) is 9.71. The molecule has 2 aromatic carbocycles. The molecule has 7 heteroatoms. The lowest BCUT2D eigenvalue weighted by atomic mass is 10.3. The van der Waals surface area contributed by atoms with Crippen LogP contribution < -0.4 is 11.2 Å². The molecule has 2 aromatic rings. The average molecular weight is 282 g/mol. The number of halogens is 1. The van der Waals surface area contributed by atoms with Crippen LogP contribution in [0.3, 0.4) is 0 Å². The van der Waals surface area contributed by atoms with E-state index < -0.39 is 15.9 Å². The van der Waals surface area contributed by atoms with Gasteiger partial charge >= 0.3 is 10.1 Å². The average Bonchev–Trinajstić information content (AvgIpc) is 2.38. The van der Waals surface area contributed by atoms with Crippen molar-refractivity contribution < 1.29 is 17.1 Å². The number of nitrogen functional groups attached to an aromatic ring is 1. The maximum absolute atomic E-state index is 12.7. The Labute approximate surface area is 109 Å². The van der Waals surface area contributed by atoms with Gasteiger partial charge < -0.3 is 5.73 Å². The molecule has 0 amide bonds. The SMILES string of the molecule is Nc1ccccc1NOS(=O)(=O)c1ccc(F)cc1. The van der Waals surface area contributed by atoms with Gasteiger partial charge in [-0.3, -0.25) is 0 Å². The zero-order valence-corrected chi connectivity index (χ0v) is 10.5. The first-order valence-electron chi connectivity index (χ1n) is 5.28. The maximum Gasteiger partial charge on any atom is 0.317 e. The molecule has 0 saturated heterocycles. The van der Waals surface area contributed by atoms with E-state index in [1.165, 1.54) is 0 Å². The number of para-hydroxylation sites is 2. The molecule has 0 fully saturated rings. The van der Waals surface area contributed by atoms with Gasteiger partial charge in [0, 0.05) is 0 Å². The van der Waals surface area contributed by atoms with Crippen LogP contribution in [0.5, 0.6) is 0 Å². The third-order valence-corrected chi connectivity index (χ3v) is 3.48. The number of nitrogens with one attached hydrogen (secondary N) is 1. The third-order valence-electron chi connectivity index (χ3n) is 2.32. The van der Waals surface area contributed by atoms with Gasteiger partial charge in [-0.2, -0.15) is 8.42 Å². The van der Waals surface area contributed by atoms with Crippen LogP contribution in [0.25, 0.3) is 0 Å². The van der Waals surface area contributed by atoms with Crippen molar-refractivity contribution in [3.05, 3.63) is 54.3 Å². The molecule has 0 aliphatic heterocycles. The van der Waals surface area contributed by atoms with E-state index in [0.717, 1.165) is 24.3 Å². The fourth-order valence-corrected chi connectivity index (χ4v) is 2.10. The van der Waals surface area contributed by atoms with E-state index in [0.29, 0.717) is 11.4 Å². The van der Waals surface area contributed by atoms with Crippen LogP contribution in [0.1, 0.15) is 0 Å². The van der Waals surface area contributed by atoms with Gasteiger partial charge in [-0.25, -0.2) is 9.87 Å². The molecule has 0 aliphatic rings. The largest absolute Gasteiger partial charge is 0.397 e. The number of nitrogens with two attached hydrogens (primary N) is 1. The summed E-state index contributed by atoms with van der Waals surface area (Å²) in [5.74, 6) is -0.529. The van der Waals surface area contributed by atoms with E-state index in [1.807, 2.05) is 0 Å². The van der Waals surface area contributed by atoms with E-state index in [9.17, 15) is 12.8 Å². The first-order valence-corrected chi connectivity index (χ1v) is 6.69. The summed E-state index contributed by atoms with van der Waals surface area (Å²) >= 11 is 0. The summed E-state index contributed by atoms with van der Waals surface area (Å²) in [5.41, 5.74) is 8.55. The lowest BCUT2D eigenvalue weighted by molar-refractivity contribution is 0.391. The second-order valence-electron chi connectivity index (χ2n) is 3.68. The van der Waals surface area contributed by atoms with Gasteiger partial charge in [-0.15, -0.1) is 4.28 Å². The van der Waals surface area contributed by atoms with Crippen molar-refractivity contribution in [1.82, 2.24) is 0 Å². The predicted octanol–water partition coefficient (Wildman–Crippen LogP) is 2.14. The molecule has 0 saturated carbocycles. The van der Waals surface area contributed by atoms with Crippen molar-refractivity contribution in [3.63, 3.8) is 0 Å². The van der Waals surface area contributed by atoms with Crippen LogP contribution in [0.2, 0.25) is 0 Å². The van der Waals surface area contributed by atoms with Gasteiger partial charge in [-0.05, 0) is 36.4 Å². The van der Waals surface area contributed by atoms with Gasteiger partial charge in [0.15, 0.2) is 0 Å². The van der Waals surface area contributed by atoms with Crippen LogP contribution in [0, 0.1) is 5.82 Å². The van der Waals surface area contributed by atoms with Crippen LogP contribution in [-0.2, 0) is 14.4 Å². The monoisotopic (exact) mass is 282 g/mol. The van der Waals surface area contributed by atoms with Crippen molar-refractivity contribution in [2.45, 2.75) is 4.90 Å². The van der Waals surface area contributed by atoms with Crippen LogP contribution in [0.15, 0.2) is 53.4 Å². The van der Waals surface area contributed by atoms with Gasteiger partial charge in [-0.1, -0.05) is 12.1 Å². The number of hydrogen-bond acceptors (Lipinski definition) is 5. The Hall–Kier alpha value is -2.12. The summed E-state index contributed by atoms with van der Waals surface area (Å²) in [6.45, 7) is 0. The van der Waals surface area contributed by atoms with E-state index in [1.54, 1.807) is 24.3 Å². The minimum absolute atomic E-state index is 0.157. The molecule has 0 unspecified atom stereocenters. The summed E-state index contributed by atoms with van der Waals surface area (Å²) in [7, 11) is -4.03. The standard InChI is InChI=1S/C12H11FN2O3S/c13-9-5-7-10(8-6-9)19(16,17)18-15-12-4-2-1-3-11(12)14/h1-8,15H,14H2. The van der Waals surface area contributed by atoms with Gasteiger partial charge in [0.1, 0.15) is 5.82 Å². The molecule has 5 nitrogen and oxygen atoms in total. The predicted molar refractivity (Wildman–Crippen MR) is 69.1 cm³/mol. The minimum Gasteiger partial charge on any atom is -0.397 e. The van der Waals surface area contributed by atoms with E-state index in [-0.39, 0.29) is 4.90 Å². The van der Waals surface area contributed by atoms with E-state index in [4.69, 9.17) is 5.73 Å². The summed E-state index contributed by atoms with van der Waals surface area (Å²) in [6, 6.07) is 10.8. The Morgan fingerprint density at radius 2 is 1.68 bits per heavy atom. The summed E-state index contributed by atoms with van der Waals surface area (Å²) in [4.78, 5) is -0.157. The van der Waals surface area contributed by atoms with Crippen molar-refractivity contribution in [3.8, 4) is 0 Å². The van der Waals surface area contributed by atoms with E-state index in [2.05, 4.69) is 9.76 Å². The maximum atomic E-state index is 12.7. The van der Waals surface area contributed by atoms with Gasteiger partial charge in [0.2, 0.25) is 0 Å². The number of hydrogen-bond donors (Lipinski definition) is 2. The van der Waals surface area contributed by atoms with Crippen molar-refractivity contribution in [1.29, 1.82) is 0 Å². The molecular weight excluding hydrogens is 271 g/mol. The van der Waals surface area contributed by atoms with Crippen molar-refractivity contribution in [2.75, 3.05) is 11.2 Å². The molecular formula is C12H11FN2O3S. The molecule has 0 atom stereocenters. The van der Waals surface area contributed by atoms with Crippen LogP contribution >= 0.6 is 0 Å². The van der Waals surface area contributed by atoms with E-state index >= 15 is 0 Å².